The number of nitrogens with zero attached hydrogens (tertiary/aromatic N) is 1. The molecule has 0 amide bonds. The molecule has 0 unspecified atom stereocenters. The lowest BCUT2D eigenvalue weighted by molar-refractivity contribution is 0.485. The number of rotatable bonds is 8. The van der Waals surface area contributed by atoms with Crippen LogP contribution in [0.15, 0.2) is 144 Å². The predicted octanol–water partition coefficient (Wildman–Crippen LogP) is 6.70. The third-order valence-electron chi connectivity index (χ3n) is 6.57. The fourth-order valence-electron chi connectivity index (χ4n) is 4.75. The van der Waals surface area contributed by atoms with Gasteiger partial charge in [-0.1, -0.05) is 133 Å². The monoisotopic (exact) mass is 491 g/mol. The Bertz CT molecular complexity index is 1210. The summed E-state index contributed by atoms with van der Waals surface area (Å²) in [7, 11) is 1.09. The van der Waals surface area contributed by atoms with Crippen molar-refractivity contribution in [2.75, 3.05) is 7.05 Å². The van der Waals surface area contributed by atoms with Gasteiger partial charge in [-0.15, -0.1) is 0 Å². The minimum absolute atomic E-state index is 0.299. The second kappa shape index (κ2) is 11.3. The van der Waals surface area contributed by atoms with Crippen molar-refractivity contribution in [2.24, 2.45) is 0 Å². The van der Waals surface area contributed by atoms with Crippen molar-refractivity contribution in [1.82, 2.24) is 4.67 Å². The van der Waals surface area contributed by atoms with Crippen LogP contribution in [-0.4, -0.2) is 17.8 Å². The molecule has 4 aromatic rings. The van der Waals surface area contributed by atoms with Gasteiger partial charge in [-0.25, -0.2) is 0 Å². The van der Waals surface area contributed by atoms with Gasteiger partial charge in [0.2, 0.25) is 0 Å². The van der Waals surface area contributed by atoms with Crippen LogP contribution in [0.25, 0.3) is 0 Å². The minimum atomic E-state index is -0.642. The van der Waals surface area contributed by atoms with Gasteiger partial charge in [0.1, 0.15) is 0 Å². The summed E-state index contributed by atoms with van der Waals surface area (Å²) in [5.74, 6) is 0. The quantitative estimate of drug-likeness (QED) is 0.248. The summed E-state index contributed by atoms with van der Waals surface area (Å²) in [5, 5.41) is 7.20. The van der Waals surface area contributed by atoms with E-state index in [1.54, 1.807) is 5.31 Å². The van der Waals surface area contributed by atoms with Crippen molar-refractivity contribution in [3.8, 4) is 0 Å². The zero-order valence-corrected chi connectivity index (χ0v) is 22.1. The third-order valence-corrected chi connectivity index (χ3v) is 11.7. The van der Waals surface area contributed by atoms with E-state index in [2.05, 4.69) is 152 Å². The lowest BCUT2D eigenvalue weighted by Gasteiger charge is -2.35. The van der Waals surface area contributed by atoms with Gasteiger partial charge in [-0.05, 0) is 60.4 Å². The second-order valence-corrected chi connectivity index (χ2v) is 13.3. The van der Waals surface area contributed by atoms with E-state index in [-0.39, 0.29) is 0 Å². The highest BCUT2D eigenvalue weighted by Gasteiger charge is 2.30. The van der Waals surface area contributed by atoms with Crippen LogP contribution in [-0.2, 0) is 0 Å². The first kappa shape index (κ1) is 23.9. The van der Waals surface area contributed by atoms with Gasteiger partial charge in [0.05, 0.1) is 0 Å². The topological polar surface area (TPSA) is 3.24 Å². The molecule has 0 aliphatic heterocycles. The molecule has 174 valence electrons. The number of likely N-dealkylation sites (N-methyl/N-ethyl adjacent to an activating group) is 1. The number of benzene rings is 4. The number of hydrogen-bond acceptors (Lipinski definition) is 1. The number of allylic oxidation sites excluding steroid dienone is 2. The molecule has 0 saturated heterocycles. The SMILES string of the molecule is C[C@H](C1=C(P(c2ccccc2)c2ccccc2)CC=C1)N(C)P(c1ccccc1)c1ccccc1. The molecule has 0 radical (unpaired) electrons. The molecule has 4 aromatic carbocycles. The Balaban J connectivity index is 1.57. The second-order valence-electron chi connectivity index (χ2n) is 8.75. The molecule has 0 fully saturated rings. The van der Waals surface area contributed by atoms with Crippen molar-refractivity contribution in [3.05, 3.63) is 144 Å². The van der Waals surface area contributed by atoms with E-state index >= 15 is 0 Å². The van der Waals surface area contributed by atoms with Crippen molar-refractivity contribution in [3.63, 3.8) is 0 Å². The van der Waals surface area contributed by atoms with Crippen LogP contribution in [0.3, 0.4) is 0 Å². The van der Waals surface area contributed by atoms with Gasteiger partial charge < -0.3 is 0 Å². The van der Waals surface area contributed by atoms with E-state index in [0.717, 1.165) is 6.42 Å². The number of hydrogen-bond donors (Lipinski definition) is 0. The first-order valence-corrected chi connectivity index (χ1v) is 14.8. The van der Waals surface area contributed by atoms with Crippen LogP contribution in [0.4, 0.5) is 0 Å². The Morgan fingerprint density at radius 3 is 1.43 bits per heavy atom. The fraction of sp³-hybridized carbons (Fsp3) is 0.125. The van der Waals surface area contributed by atoms with E-state index in [1.807, 2.05) is 0 Å². The zero-order valence-electron chi connectivity index (χ0n) is 20.3. The van der Waals surface area contributed by atoms with Crippen molar-refractivity contribution >= 4 is 37.2 Å². The van der Waals surface area contributed by atoms with Crippen LogP contribution in [0.5, 0.6) is 0 Å². The van der Waals surface area contributed by atoms with E-state index in [4.69, 9.17) is 0 Å². The highest BCUT2D eigenvalue weighted by molar-refractivity contribution is 7.76. The highest BCUT2D eigenvalue weighted by Crippen LogP contribution is 2.51. The normalized spacial score (nSPS) is 14.3. The predicted molar refractivity (Wildman–Crippen MR) is 156 cm³/mol. The third kappa shape index (κ3) is 5.24. The van der Waals surface area contributed by atoms with Gasteiger partial charge in [-0.2, -0.15) is 0 Å². The molecule has 0 N–H and O–H groups in total. The highest BCUT2D eigenvalue weighted by atomic mass is 31.1. The molecule has 1 nitrogen and oxygen atoms in total. The molecule has 1 atom stereocenters. The molecule has 3 heteroatoms. The lowest BCUT2D eigenvalue weighted by Crippen LogP contribution is -2.33. The molecule has 0 bridgehead atoms. The summed E-state index contributed by atoms with van der Waals surface area (Å²) in [4.78, 5) is 0. The van der Waals surface area contributed by atoms with Crippen LogP contribution in [0, 0.1) is 0 Å². The van der Waals surface area contributed by atoms with Gasteiger partial charge >= 0.3 is 0 Å². The Kier molecular flexibility index (Phi) is 7.70. The van der Waals surface area contributed by atoms with Crippen LogP contribution < -0.4 is 21.2 Å². The van der Waals surface area contributed by atoms with Gasteiger partial charge in [0.25, 0.3) is 0 Å². The Morgan fingerprint density at radius 1 is 0.600 bits per heavy atom. The largest absolute Gasteiger partial charge is 0.271 e. The minimum Gasteiger partial charge on any atom is -0.271 e. The van der Waals surface area contributed by atoms with Crippen molar-refractivity contribution in [1.29, 1.82) is 0 Å². The maximum Gasteiger partial charge on any atom is 0.0362 e. The Morgan fingerprint density at radius 2 is 1.00 bits per heavy atom. The summed E-state index contributed by atoms with van der Waals surface area (Å²) >= 11 is 0. The van der Waals surface area contributed by atoms with Crippen LogP contribution >= 0.6 is 16.0 Å². The molecule has 0 heterocycles. The lowest BCUT2D eigenvalue weighted by atomic mass is 10.1. The van der Waals surface area contributed by atoms with E-state index in [9.17, 15) is 0 Å². The van der Waals surface area contributed by atoms with Crippen molar-refractivity contribution in [2.45, 2.75) is 19.4 Å². The average Bonchev–Trinajstić information content (AvgIpc) is 3.40. The molecule has 1 aliphatic rings. The molecule has 35 heavy (non-hydrogen) atoms. The Labute approximate surface area is 212 Å². The fourth-order valence-corrected chi connectivity index (χ4v) is 9.83. The van der Waals surface area contributed by atoms with Crippen LogP contribution in [0.1, 0.15) is 13.3 Å². The summed E-state index contributed by atoms with van der Waals surface area (Å²) in [6.07, 6.45) is 5.78. The molecular formula is C32H31NP2. The van der Waals surface area contributed by atoms with Gasteiger partial charge in [0.15, 0.2) is 0 Å². The summed E-state index contributed by atoms with van der Waals surface area (Å²) < 4.78 is 2.61. The van der Waals surface area contributed by atoms with E-state index in [0.29, 0.717) is 6.04 Å². The first-order chi connectivity index (χ1) is 17.2. The molecule has 0 aromatic heterocycles. The summed E-state index contributed by atoms with van der Waals surface area (Å²) in [6, 6.07) is 44.4. The summed E-state index contributed by atoms with van der Waals surface area (Å²) in [5.41, 5.74) is 1.48. The maximum absolute atomic E-state index is 2.61. The molecule has 1 aliphatic carbocycles. The van der Waals surface area contributed by atoms with Crippen LogP contribution in [0.2, 0.25) is 0 Å². The summed E-state index contributed by atoms with van der Waals surface area (Å²) in [6.45, 7) is 2.38. The smallest absolute Gasteiger partial charge is 0.0362 e. The van der Waals surface area contributed by atoms with E-state index < -0.39 is 16.0 Å². The average molecular weight is 492 g/mol. The van der Waals surface area contributed by atoms with E-state index in [1.165, 1.54) is 26.8 Å². The maximum atomic E-state index is 2.61. The zero-order chi connectivity index (χ0) is 24.0. The Hall–Kier alpha value is -2.82. The van der Waals surface area contributed by atoms with Crippen molar-refractivity contribution < 1.29 is 0 Å². The standard InChI is InChI=1S/C32H31NP2/c1-26(33(2)35(29-20-11-5-12-21-29)30-22-13-6-14-23-30)31-24-15-25-32(31)34(27-16-7-3-8-17-27)28-18-9-4-10-19-28/h3-24,26H,25H2,1-2H3/t26-/m1/s1. The van der Waals surface area contributed by atoms with Gasteiger partial charge in [-0.3, -0.25) is 4.67 Å². The first-order valence-electron chi connectivity index (χ1n) is 12.2. The molecule has 0 saturated carbocycles. The van der Waals surface area contributed by atoms with Gasteiger partial charge in [0, 0.05) is 14.1 Å². The molecule has 0 spiro atoms. The molecule has 5 rings (SSSR count). The molecular weight excluding hydrogens is 460 g/mol.